The van der Waals surface area contributed by atoms with Gasteiger partial charge in [0, 0.05) is 31.8 Å². The van der Waals surface area contributed by atoms with Gasteiger partial charge < -0.3 is 9.64 Å². The molecule has 1 saturated heterocycles. The molecule has 34 heavy (non-hydrogen) atoms. The average Bonchev–Trinajstić information content (AvgIpc) is 3.07. The van der Waals surface area contributed by atoms with Crippen molar-refractivity contribution < 1.29 is 31.1 Å². The van der Waals surface area contributed by atoms with Gasteiger partial charge in [-0.05, 0) is 18.2 Å². The van der Waals surface area contributed by atoms with Crippen LogP contribution in [0.25, 0.3) is 11.3 Å². The highest BCUT2D eigenvalue weighted by Gasteiger charge is 2.32. The number of rotatable bonds is 7. The van der Waals surface area contributed by atoms with Crippen LogP contribution in [0.5, 0.6) is 0 Å². The van der Waals surface area contributed by atoms with E-state index in [0.717, 1.165) is 16.8 Å². The Morgan fingerprint density at radius 1 is 1.21 bits per heavy atom. The lowest BCUT2D eigenvalue weighted by atomic mass is 10.1. The maximum Gasteiger partial charge on any atom is 0.416 e. The summed E-state index contributed by atoms with van der Waals surface area (Å²) in [6.45, 7) is -0.154. The van der Waals surface area contributed by atoms with Crippen molar-refractivity contribution in [3.05, 3.63) is 57.9 Å². The van der Waals surface area contributed by atoms with E-state index in [1.165, 1.54) is 24.0 Å². The lowest BCUT2D eigenvalue weighted by molar-refractivity contribution is -0.137. The van der Waals surface area contributed by atoms with Crippen molar-refractivity contribution in [3.63, 3.8) is 0 Å². The Morgan fingerprint density at radius 3 is 2.56 bits per heavy atom. The van der Waals surface area contributed by atoms with E-state index in [1.54, 1.807) is 4.90 Å². The third kappa shape index (κ3) is 4.90. The molecule has 182 valence electrons. The molecule has 1 aliphatic rings. The van der Waals surface area contributed by atoms with Gasteiger partial charge in [-0.3, -0.25) is 4.79 Å². The molecule has 1 aromatic carbocycles. The van der Waals surface area contributed by atoms with Crippen molar-refractivity contribution in [1.29, 1.82) is 0 Å². The number of hydrogen-bond donors (Lipinski definition) is 0. The molecule has 0 radical (unpaired) electrons. The quantitative estimate of drug-likeness (QED) is 0.476. The predicted molar refractivity (Wildman–Crippen MR) is 107 cm³/mol. The number of halogens is 6. The van der Waals surface area contributed by atoms with Crippen LogP contribution in [0.2, 0.25) is 0 Å². The summed E-state index contributed by atoms with van der Waals surface area (Å²) in [6, 6.07) is 3.37. The summed E-state index contributed by atoms with van der Waals surface area (Å²) < 4.78 is 84.8. The summed E-state index contributed by atoms with van der Waals surface area (Å²) in [4.78, 5) is 14.3. The Balaban J connectivity index is 1.52. The fourth-order valence-corrected chi connectivity index (χ4v) is 3.47. The van der Waals surface area contributed by atoms with E-state index in [0.29, 0.717) is 24.8 Å². The Kier molecular flexibility index (Phi) is 6.34. The van der Waals surface area contributed by atoms with Crippen LogP contribution in [0, 0.1) is 5.82 Å². The molecule has 0 aliphatic carbocycles. The summed E-state index contributed by atoms with van der Waals surface area (Å²) >= 11 is 0. The smallest absolute Gasteiger partial charge is 0.369 e. The summed E-state index contributed by atoms with van der Waals surface area (Å²) in [6.07, 6.45) is -6.21. The van der Waals surface area contributed by atoms with Crippen LogP contribution in [-0.2, 0) is 24.5 Å². The molecule has 0 spiro atoms. The molecule has 0 bridgehead atoms. The minimum Gasteiger partial charge on any atom is -0.369 e. The summed E-state index contributed by atoms with van der Waals surface area (Å²) in [7, 11) is 1.49. The van der Waals surface area contributed by atoms with Crippen LogP contribution in [0.3, 0.4) is 0 Å². The highest BCUT2D eigenvalue weighted by atomic mass is 19.4. The van der Waals surface area contributed by atoms with E-state index in [2.05, 4.69) is 15.4 Å². The largest absolute Gasteiger partial charge is 0.416 e. The maximum absolute atomic E-state index is 14.5. The SMILES string of the molecule is Cn1nnc(-c2ccc(C(F)(F)F)cc2F)c1Cn1ncc(N2CC(OCC(F)F)C2)cc1=O. The van der Waals surface area contributed by atoms with E-state index in [-0.39, 0.29) is 29.6 Å². The van der Waals surface area contributed by atoms with Gasteiger partial charge in [0.05, 0.1) is 35.8 Å². The monoisotopic (exact) mass is 488 g/mol. The van der Waals surface area contributed by atoms with Crippen LogP contribution >= 0.6 is 0 Å². The van der Waals surface area contributed by atoms with Crippen molar-refractivity contribution in [2.75, 3.05) is 24.6 Å². The first-order valence-corrected chi connectivity index (χ1v) is 10.0. The van der Waals surface area contributed by atoms with Crippen molar-refractivity contribution >= 4 is 5.69 Å². The summed E-state index contributed by atoms with van der Waals surface area (Å²) in [5, 5.41) is 11.7. The molecule has 1 fully saturated rings. The first-order valence-electron chi connectivity index (χ1n) is 10.0. The second kappa shape index (κ2) is 9.08. The number of ether oxygens (including phenoxy) is 1. The number of nitrogens with zero attached hydrogens (tertiary/aromatic N) is 6. The third-order valence-electron chi connectivity index (χ3n) is 5.32. The average molecular weight is 488 g/mol. The molecule has 1 aliphatic heterocycles. The van der Waals surface area contributed by atoms with Gasteiger partial charge in [0.1, 0.15) is 18.1 Å². The number of anilines is 1. The predicted octanol–water partition coefficient (Wildman–Crippen LogP) is 2.72. The Morgan fingerprint density at radius 2 is 1.94 bits per heavy atom. The molecule has 0 atom stereocenters. The van der Waals surface area contributed by atoms with E-state index in [1.807, 2.05) is 0 Å². The van der Waals surface area contributed by atoms with Crippen LogP contribution < -0.4 is 10.5 Å². The minimum absolute atomic E-state index is 0.0201. The van der Waals surface area contributed by atoms with Gasteiger partial charge in [0.25, 0.3) is 12.0 Å². The molecular weight excluding hydrogens is 470 g/mol. The Bertz CT molecular complexity index is 1240. The molecule has 0 unspecified atom stereocenters. The van der Waals surface area contributed by atoms with Crippen LogP contribution in [-0.4, -0.2) is 57.0 Å². The van der Waals surface area contributed by atoms with Crippen molar-refractivity contribution in [3.8, 4) is 11.3 Å². The maximum atomic E-state index is 14.5. The highest BCUT2D eigenvalue weighted by Crippen LogP contribution is 2.33. The second-order valence-electron chi connectivity index (χ2n) is 7.66. The standard InChI is InChI=1S/C20H18F6N6O2/c1-30-16(19(28-29-30)14-3-2-11(4-15(14)21)20(24,25)26)9-32-18(33)5-12(6-27-32)31-7-13(8-31)34-10-17(22)23/h2-6,13,17H,7-10H2,1H3. The first-order chi connectivity index (χ1) is 16.0. The fraction of sp³-hybridized carbons (Fsp3) is 0.400. The van der Waals surface area contributed by atoms with Crippen molar-refractivity contribution in [2.24, 2.45) is 7.05 Å². The highest BCUT2D eigenvalue weighted by molar-refractivity contribution is 5.62. The molecule has 0 saturated carbocycles. The lowest BCUT2D eigenvalue weighted by Crippen LogP contribution is -2.53. The summed E-state index contributed by atoms with van der Waals surface area (Å²) in [5.41, 5.74) is -1.12. The number of hydrogen-bond acceptors (Lipinski definition) is 6. The number of alkyl halides is 5. The van der Waals surface area contributed by atoms with E-state index < -0.39 is 36.1 Å². The summed E-state index contributed by atoms with van der Waals surface area (Å²) in [5.74, 6) is -1.13. The zero-order chi connectivity index (χ0) is 24.6. The molecule has 3 aromatic rings. The van der Waals surface area contributed by atoms with Crippen molar-refractivity contribution in [1.82, 2.24) is 24.8 Å². The zero-order valence-corrected chi connectivity index (χ0v) is 17.6. The van der Waals surface area contributed by atoms with Crippen LogP contribution in [0.1, 0.15) is 11.3 Å². The second-order valence-corrected chi connectivity index (χ2v) is 7.66. The van der Waals surface area contributed by atoms with Crippen LogP contribution in [0.15, 0.2) is 35.3 Å². The van der Waals surface area contributed by atoms with E-state index >= 15 is 0 Å². The Hall–Kier alpha value is -3.42. The van der Waals surface area contributed by atoms with Gasteiger partial charge in [-0.1, -0.05) is 5.21 Å². The lowest BCUT2D eigenvalue weighted by Gasteiger charge is -2.40. The molecule has 4 rings (SSSR count). The number of aromatic nitrogens is 5. The molecule has 3 heterocycles. The van der Waals surface area contributed by atoms with Gasteiger partial charge in [0.15, 0.2) is 0 Å². The van der Waals surface area contributed by atoms with Crippen LogP contribution in [0.4, 0.5) is 32.0 Å². The molecule has 0 N–H and O–H groups in total. The molecule has 8 nitrogen and oxygen atoms in total. The molecular formula is C20H18F6N6O2. The van der Waals surface area contributed by atoms with Gasteiger partial charge in [0.2, 0.25) is 0 Å². The normalized spacial score (nSPS) is 14.6. The van der Waals surface area contributed by atoms with Crippen molar-refractivity contribution in [2.45, 2.75) is 25.3 Å². The zero-order valence-electron chi connectivity index (χ0n) is 17.6. The molecule has 14 heteroatoms. The van der Waals surface area contributed by atoms with Gasteiger partial charge >= 0.3 is 6.18 Å². The first kappa shape index (κ1) is 23.7. The number of benzene rings is 1. The Labute approximate surface area is 188 Å². The topological polar surface area (TPSA) is 78.1 Å². The third-order valence-corrected chi connectivity index (χ3v) is 5.32. The number of aryl methyl sites for hydroxylation is 1. The van der Waals surface area contributed by atoms with E-state index in [9.17, 15) is 31.1 Å². The minimum atomic E-state index is -4.70. The van der Waals surface area contributed by atoms with Gasteiger partial charge in [-0.2, -0.15) is 18.3 Å². The van der Waals surface area contributed by atoms with Gasteiger partial charge in [-0.15, -0.1) is 5.10 Å². The molecule has 2 aromatic heterocycles. The fourth-order valence-electron chi connectivity index (χ4n) is 3.47. The van der Waals surface area contributed by atoms with Gasteiger partial charge in [-0.25, -0.2) is 22.5 Å². The van der Waals surface area contributed by atoms with E-state index in [4.69, 9.17) is 4.74 Å². The molecule has 0 amide bonds.